The van der Waals surface area contributed by atoms with E-state index in [2.05, 4.69) is 5.32 Å². The van der Waals surface area contributed by atoms with Gasteiger partial charge in [-0.1, -0.05) is 12.1 Å². The molecule has 1 heterocycles. The highest BCUT2D eigenvalue weighted by molar-refractivity contribution is 5.92. The average Bonchev–Trinajstić information content (AvgIpc) is 2.65. The molecule has 0 spiro atoms. The van der Waals surface area contributed by atoms with Crippen LogP contribution in [0.25, 0.3) is 6.08 Å². The molecule has 1 N–H and O–H groups in total. The Morgan fingerprint density at radius 3 is 2.44 bits per heavy atom. The number of hydrogen-bond donors (Lipinski definition) is 1. The van der Waals surface area contributed by atoms with Gasteiger partial charge in [-0.3, -0.25) is 4.79 Å². The van der Waals surface area contributed by atoms with Crippen LogP contribution in [-0.2, 0) is 4.79 Å². The van der Waals surface area contributed by atoms with Crippen molar-refractivity contribution >= 4 is 12.0 Å². The van der Waals surface area contributed by atoms with Crippen molar-refractivity contribution in [2.45, 2.75) is 31.9 Å². The minimum atomic E-state index is -0.378. The molecule has 0 saturated carbocycles. The summed E-state index contributed by atoms with van der Waals surface area (Å²) in [5.41, 5.74) is 1.52. The molecular formula is C22H25NO4. The van der Waals surface area contributed by atoms with E-state index in [1.165, 1.54) is 0 Å². The fraction of sp³-hybridized carbons (Fsp3) is 0.318. The van der Waals surface area contributed by atoms with Crippen LogP contribution in [0.2, 0.25) is 0 Å². The van der Waals surface area contributed by atoms with Gasteiger partial charge in [0.25, 0.3) is 0 Å². The maximum atomic E-state index is 12.5. The number of methoxy groups -OCH3 is 2. The second kappa shape index (κ2) is 7.74. The highest BCUT2D eigenvalue weighted by Crippen LogP contribution is 2.41. The van der Waals surface area contributed by atoms with Gasteiger partial charge in [-0.25, -0.2) is 0 Å². The van der Waals surface area contributed by atoms with Gasteiger partial charge < -0.3 is 19.5 Å². The van der Waals surface area contributed by atoms with Crippen molar-refractivity contribution in [2.24, 2.45) is 0 Å². The van der Waals surface area contributed by atoms with E-state index in [-0.39, 0.29) is 17.6 Å². The molecule has 5 nitrogen and oxygen atoms in total. The summed E-state index contributed by atoms with van der Waals surface area (Å²) >= 11 is 0. The highest BCUT2D eigenvalue weighted by Gasteiger charge is 2.34. The van der Waals surface area contributed by atoms with E-state index in [1.807, 2.05) is 56.3 Å². The predicted octanol–water partition coefficient (Wildman–Crippen LogP) is 4.14. The standard InChI is InChI=1S/C22H25NO4/c1-22(2)14-19(18-11-10-17(26-4)13-20(18)27-22)23-21(24)12-7-15-5-8-16(25-3)9-6-15/h5-13,19H,14H2,1-4H3,(H,23,24)/b12-7+/t19-/m1/s1. The van der Waals surface area contributed by atoms with Crippen LogP contribution in [0, 0.1) is 0 Å². The minimum Gasteiger partial charge on any atom is -0.497 e. The van der Waals surface area contributed by atoms with E-state index in [0.717, 1.165) is 28.4 Å². The summed E-state index contributed by atoms with van der Waals surface area (Å²) in [7, 11) is 3.25. The number of benzene rings is 2. The molecule has 0 saturated heterocycles. The highest BCUT2D eigenvalue weighted by atomic mass is 16.5. The van der Waals surface area contributed by atoms with Crippen LogP contribution >= 0.6 is 0 Å². The van der Waals surface area contributed by atoms with E-state index in [4.69, 9.17) is 14.2 Å². The number of carbonyl (C=O) groups is 1. The summed E-state index contributed by atoms with van der Waals surface area (Å²) < 4.78 is 16.5. The fourth-order valence-electron chi connectivity index (χ4n) is 3.19. The molecule has 2 aromatic carbocycles. The Morgan fingerprint density at radius 1 is 1.11 bits per heavy atom. The summed E-state index contributed by atoms with van der Waals surface area (Å²) in [5, 5.41) is 3.09. The molecule has 1 atom stereocenters. The van der Waals surface area contributed by atoms with Crippen molar-refractivity contribution in [3.63, 3.8) is 0 Å². The van der Waals surface area contributed by atoms with Gasteiger partial charge in [0.1, 0.15) is 22.8 Å². The van der Waals surface area contributed by atoms with Crippen molar-refractivity contribution < 1.29 is 19.0 Å². The zero-order valence-electron chi connectivity index (χ0n) is 16.1. The van der Waals surface area contributed by atoms with Gasteiger partial charge in [0, 0.05) is 24.1 Å². The second-order valence-electron chi connectivity index (χ2n) is 7.14. The van der Waals surface area contributed by atoms with Crippen LogP contribution in [-0.4, -0.2) is 25.7 Å². The van der Waals surface area contributed by atoms with Crippen LogP contribution in [0.5, 0.6) is 17.2 Å². The lowest BCUT2D eigenvalue weighted by Gasteiger charge is -2.37. The number of fused-ring (bicyclic) bond motifs is 1. The Kier molecular flexibility index (Phi) is 5.40. The molecule has 142 valence electrons. The molecule has 0 bridgehead atoms. The van der Waals surface area contributed by atoms with E-state index in [1.54, 1.807) is 26.4 Å². The van der Waals surface area contributed by atoms with Gasteiger partial charge >= 0.3 is 0 Å². The number of ether oxygens (including phenoxy) is 3. The van der Waals surface area contributed by atoms with Gasteiger partial charge in [-0.05, 0) is 49.8 Å². The number of carbonyl (C=O) groups excluding carboxylic acids is 1. The predicted molar refractivity (Wildman–Crippen MR) is 105 cm³/mol. The molecule has 0 fully saturated rings. The molecular weight excluding hydrogens is 342 g/mol. The number of amides is 1. The molecule has 2 aromatic rings. The van der Waals surface area contributed by atoms with Gasteiger partial charge in [0.15, 0.2) is 0 Å². The summed E-state index contributed by atoms with van der Waals surface area (Å²) in [5.74, 6) is 2.12. The molecule has 0 radical (unpaired) electrons. The topological polar surface area (TPSA) is 56.8 Å². The smallest absolute Gasteiger partial charge is 0.244 e. The third-order valence-corrected chi connectivity index (χ3v) is 4.54. The third kappa shape index (κ3) is 4.61. The Balaban J connectivity index is 1.74. The van der Waals surface area contributed by atoms with E-state index >= 15 is 0 Å². The first kappa shape index (κ1) is 18.8. The van der Waals surface area contributed by atoms with Crippen LogP contribution in [0.1, 0.15) is 37.4 Å². The van der Waals surface area contributed by atoms with Gasteiger partial charge in [0.2, 0.25) is 5.91 Å². The SMILES string of the molecule is COc1ccc(/C=C/C(=O)N[C@@H]2CC(C)(C)Oc3cc(OC)ccc32)cc1. The largest absolute Gasteiger partial charge is 0.497 e. The molecule has 1 amide bonds. The van der Waals surface area contributed by atoms with Crippen LogP contribution in [0.15, 0.2) is 48.5 Å². The molecule has 27 heavy (non-hydrogen) atoms. The Hall–Kier alpha value is -2.95. The van der Waals surface area contributed by atoms with Crippen LogP contribution < -0.4 is 19.5 Å². The van der Waals surface area contributed by atoms with Gasteiger partial charge in [0.05, 0.1) is 20.3 Å². The molecule has 1 aliphatic heterocycles. The van der Waals surface area contributed by atoms with Crippen LogP contribution in [0.4, 0.5) is 0 Å². The number of hydrogen-bond acceptors (Lipinski definition) is 4. The molecule has 0 aromatic heterocycles. The summed E-state index contributed by atoms with van der Waals surface area (Å²) in [6.07, 6.45) is 4.02. The quantitative estimate of drug-likeness (QED) is 0.807. The molecule has 0 aliphatic carbocycles. The van der Waals surface area contributed by atoms with E-state index in [0.29, 0.717) is 6.42 Å². The number of nitrogens with one attached hydrogen (secondary N) is 1. The third-order valence-electron chi connectivity index (χ3n) is 4.54. The summed E-state index contributed by atoms with van der Waals surface area (Å²) in [6.45, 7) is 4.03. The Labute approximate surface area is 159 Å². The zero-order chi connectivity index (χ0) is 19.4. The summed E-state index contributed by atoms with van der Waals surface area (Å²) in [6, 6.07) is 13.1. The lowest BCUT2D eigenvalue weighted by molar-refractivity contribution is -0.117. The first-order valence-electron chi connectivity index (χ1n) is 8.90. The lowest BCUT2D eigenvalue weighted by atomic mass is 9.89. The Bertz CT molecular complexity index is 840. The average molecular weight is 367 g/mol. The molecule has 0 unspecified atom stereocenters. The van der Waals surface area contributed by atoms with Crippen molar-refractivity contribution in [1.29, 1.82) is 0 Å². The van der Waals surface area contributed by atoms with Gasteiger partial charge in [-0.15, -0.1) is 0 Å². The summed E-state index contributed by atoms with van der Waals surface area (Å²) in [4.78, 5) is 12.5. The van der Waals surface area contributed by atoms with Crippen LogP contribution in [0.3, 0.4) is 0 Å². The Morgan fingerprint density at radius 2 is 1.78 bits per heavy atom. The van der Waals surface area contributed by atoms with Crippen molar-refractivity contribution in [3.05, 3.63) is 59.7 Å². The van der Waals surface area contributed by atoms with E-state index < -0.39 is 0 Å². The van der Waals surface area contributed by atoms with Gasteiger partial charge in [-0.2, -0.15) is 0 Å². The fourth-order valence-corrected chi connectivity index (χ4v) is 3.19. The monoisotopic (exact) mass is 367 g/mol. The second-order valence-corrected chi connectivity index (χ2v) is 7.14. The lowest BCUT2D eigenvalue weighted by Crippen LogP contribution is -2.40. The maximum absolute atomic E-state index is 12.5. The molecule has 1 aliphatic rings. The first-order chi connectivity index (χ1) is 12.9. The molecule has 3 rings (SSSR count). The molecule has 5 heteroatoms. The first-order valence-corrected chi connectivity index (χ1v) is 8.90. The maximum Gasteiger partial charge on any atom is 0.244 e. The van der Waals surface area contributed by atoms with E-state index in [9.17, 15) is 4.79 Å². The minimum absolute atomic E-state index is 0.123. The zero-order valence-corrected chi connectivity index (χ0v) is 16.1. The normalized spacial score (nSPS) is 17.7. The van der Waals surface area contributed by atoms with Crippen molar-refractivity contribution in [3.8, 4) is 17.2 Å². The van der Waals surface area contributed by atoms with Crippen molar-refractivity contribution in [1.82, 2.24) is 5.32 Å². The number of rotatable bonds is 5. The van der Waals surface area contributed by atoms with Crippen molar-refractivity contribution in [2.75, 3.05) is 14.2 Å².